The van der Waals surface area contributed by atoms with E-state index in [2.05, 4.69) is 15.3 Å². The number of allylic oxidation sites excluding steroid dienone is 2. The summed E-state index contributed by atoms with van der Waals surface area (Å²) in [6, 6.07) is 3.54. The summed E-state index contributed by atoms with van der Waals surface area (Å²) in [7, 11) is 0. The van der Waals surface area contributed by atoms with Crippen LogP contribution in [0.1, 0.15) is 17.9 Å². The summed E-state index contributed by atoms with van der Waals surface area (Å²) >= 11 is 0.861. The number of rotatable bonds is 8. The van der Waals surface area contributed by atoms with Gasteiger partial charge in [0.15, 0.2) is 0 Å². The van der Waals surface area contributed by atoms with E-state index in [1.54, 1.807) is 49.1 Å². The fourth-order valence-electron chi connectivity index (χ4n) is 2.38. The molecule has 2 aromatic rings. The Morgan fingerprint density at radius 2 is 2.30 bits per heavy atom. The highest BCUT2D eigenvalue weighted by Crippen LogP contribution is 2.30. The number of amides is 3. The second-order valence-corrected chi connectivity index (χ2v) is 6.65. The minimum atomic E-state index is -0.389. The van der Waals surface area contributed by atoms with Gasteiger partial charge < -0.3 is 14.7 Å². The summed E-state index contributed by atoms with van der Waals surface area (Å²) in [5.74, 6) is 0.0481. The van der Waals surface area contributed by atoms with Gasteiger partial charge in [0, 0.05) is 37.8 Å². The van der Waals surface area contributed by atoms with Crippen molar-refractivity contribution in [3.05, 3.63) is 59.4 Å². The van der Waals surface area contributed by atoms with Crippen LogP contribution in [0.5, 0.6) is 0 Å². The highest BCUT2D eigenvalue weighted by Gasteiger charge is 2.34. The van der Waals surface area contributed by atoms with E-state index >= 15 is 0 Å². The monoisotopic (exact) mass is 386 g/mol. The van der Waals surface area contributed by atoms with Gasteiger partial charge in [0.2, 0.25) is 5.91 Å². The maximum Gasteiger partial charge on any atom is 0.293 e. The first-order valence-electron chi connectivity index (χ1n) is 8.33. The normalized spacial score (nSPS) is 16.0. The Morgan fingerprint density at radius 3 is 3.04 bits per heavy atom. The van der Waals surface area contributed by atoms with Crippen molar-refractivity contribution >= 4 is 34.9 Å². The predicted octanol–water partition coefficient (Wildman–Crippen LogP) is 2.34. The number of nitrogens with zero attached hydrogens (tertiary/aromatic N) is 2. The van der Waals surface area contributed by atoms with Gasteiger partial charge in [-0.1, -0.05) is 6.08 Å². The number of imide groups is 1. The molecule has 0 unspecified atom stereocenters. The zero-order chi connectivity index (χ0) is 19.1. The molecule has 1 aliphatic rings. The van der Waals surface area contributed by atoms with Crippen LogP contribution in [0.25, 0.3) is 6.08 Å². The predicted molar refractivity (Wildman–Crippen MR) is 100 cm³/mol. The number of nitrogens with one attached hydrogen (secondary N) is 2. The van der Waals surface area contributed by atoms with Gasteiger partial charge in [-0.05, 0) is 36.0 Å². The van der Waals surface area contributed by atoms with E-state index in [1.165, 1.54) is 0 Å². The van der Waals surface area contributed by atoms with Crippen molar-refractivity contribution in [1.82, 2.24) is 20.2 Å². The van der Waals surface area contributed by atoms with Crippen LogP contribution < -0.4 is 5.32 Å². The summed E-state index contributed by atoms with van der Waals surface area (Å²) in [6.45, 7) is 0.514. The molecule has 8 nitrogen and oxygen atoms in total. The zero-order valence-corrected chi connectivity index (χ0v) is 15.2. The van der Waals surface area contributed by atoms with Gasteiger partial charge in [-0.3, -0.25) is 19.3 Å². The highest BCUT2D eigenvalue weighted by molar-refractivity contribution is 8.18. The number of H-pyrrole nitrogens is 1. The molecule has 1 saturated heterocycles. The molecular formula is C18H18N4O4S. The summed E-state index contributed by atoms with van der Waals surface area (Å²) in [5, 5.41) is 2.38. The lowest BCUT2D eigenvalue weighted by molar-refractivity contribution is -0.124. The number of aromatic nitrogens is 2. The first-order valence-corrected chi connectivity index (χ1v) is 9.14. The Bertz CT molecular complexity index is 856. The maximum atomic E-state index is 12.3. The van der Waals surface area contributed by atoms with Gasteiger partial charge in [-0.25, -0.2) is 4.98 Å². The molecular weight excluding hydrogens is 368 g/mol. The molecule has 27 heavy (non-hydrogen) atoms. The largest absolute Gasteiger partial charge is 0.465 e. The first-order chi connectivity index (χ1) is 13.1. The molecule has 0 saturated carbocycles. The van der Waals surface area contributed by atoms with Gasteiger partial charge in [-0.15, -0.1) is 0 Å². The van der Waals surface area contributed by atoms with Gasteiger partial charge in [-0.2, -0.15) is 0 Å². The van der Waals surface area contributed by atoms with E-state index in [4.69, 9.17) is 4.42 Å². The van der Waals surface area contributed by atoms with Crippen LogP contribution in [-0.4, -0.2) is 45.0 Å². The van der Waals surface area contributed by atoms with Crippen LogP contribution in [0, 0.1) is 0 Å². The van der Waals surface area contributed by atoms with E-state index in [0.29, 0.717) is 23.6 Å². The molecule has 0 aromatic carbocycles. The zero-order valence-electron chi connectivity index (χ0n) is 14.4. The van der Waals surface area contributed by atoms with Crippen LogP contribution in [0.4, 0.5) is 4.79 Å². The number of furan rings is 1. The van der Waals surface area contributed by atoms with E-state index in [9.17, 15) is 14.4 Å². The molecule has 3 amide bonds. The molecule has 0 bridgehead atoms. The molecule has 0 radical (unpaired) electrons. The number of hydrogen-bond donors (Lipinski definition) is 2. The van der Waals surface area contributed by atoms with E-state index in [-0.39, 0.29) is 30.0 Å². The van der Waals surface area contributed by atoms with Crippen molar-refractivity contribution in [3.63, 3.8) is 0 Å². The van der Waals surface area contributed by atoms with Gasteiger partial charge in [0.25, 0.3) is 11.1 Å². The lowest BCUT2D eigenvalue weighted by Gasteiger charge is -2.12. The van der Waals surface area contributed by atoms with Crippen molar-refractivity contribution in [1.29, 1.82) is 0 Å². The molecule has 140 valence electrons. The van der Waals surface area contributed by atoms with Crippen LogP contribution in [0.2, 0.25) is 0 Å². The molecule has 0 aliphatic carbocycles. The molecule has 3 heterocycles. The molecule has 1 aliphatic heterocycles. The first kappa shape index (κ1) is 18.7. The van der Waals surface area contributed by atoms with Gasteiger partial charge in [0.1, 0.15) is 5.76 Å². The SMILES string of the molecule is O=C(CCN1C(=O)SC(=CC=Cc2ccco2)C1=O)NCCc1cnc[nH]1. The smallest absolute Gasteiger partial charge is 0.293 e. The molecule has 0 atom stereocenters. The molecule has 2 N–H and O–H groups in total. The Labute approximate surface area is 159 Å². The number of hydrogen-bond acceptors (Lipinski definition) is 6. The molecule has 0 spiro atoms. The summed E-state index contributed by atoms with van der Waals surface area (Å²) in [5.41, 5.74) is 0.925. The summed E-state index contributed by atoms with van der Waals surface area (Å²) < 4.78 is 5.15. The van der Waals surface area contributed by atoms with Crippen LogP contribution in [-0.2, 0) is 16.0 Å². The van der Waals surface area contributed by atoms with Crippen molar-refractivity contribution < 1.29 is 18.8 Å². The van der Waals surface area contributed by atoms with E-state index < -0.39 is 0 Å². The number of thioether (sulfide) groups is 1. The fraction of sp³-hybridized carbons (Fsp3) is 0.222. The molecule has 3 rings (SSSR count). The average Bonchev–Trinajstić information content (AvgIpc) is 3.38. The third-order valence-electron chi connectivity index (χ3n) is 3.76. The van der Waals surface area contributed by atoms with Crippen molar-refractivity contribution in [2.45, 2.75) is 12.8 Å². The topological polar surface area (TPSA) is 108 Å². The summed E-state index contributed by atoms with van der Waals surface area (Å²) in [4.78, 5) is 44.5. The molecule has 2 aromatic heterocycles. The minimum Gasteiger partial charge on any atom is -0.465 e. The van der Waals surface area contributed by atoms with E-state index in [1.807, 2.05) is 0 Å². The van der Waals surface area contributed by atoms with Gasteiger partial charge >= 0.3 is 0 Å². The Kier molecular flexibility index (Phi) is 6.26. The van der Waals surface area contributed by atoms with Crippen molar-refractivity contribution in [3.8, 4) is 0 Å². The number of imidazole rings is 1. The van der Waals surface area contributed by atoms with Crippen LogP contribution in [0.3, 0.4) is 0 Å². The molecule has 1 fully saturated rings. The fourth-order valence-corrected chi connectivity index (χ4v) is 3.20. The second kappa shape index (κ2) is 9.04. The van der Waals surface area contributed by atoms with Crippen LogP contribution >= 0.6 is 11.8 Å². The van der Waals surface area contributed by atoms with Gasteiger partial charge in [0.05, 0.1) is 17.5 Å². The highest BCUT2D eigenvalue weighted by atomic mass is 32.2. The Balaban J connectivity index is 1.44. The summed E-state index contributed by atoms with van der Waals surface area (Å²) in [6.07, 6.45) is 10.4. The third-order valence-corrected chi connectivity index (χ3v) is 4.68. The Hall–Kier alpha value is -3.07. The average molecular weight is 386 g/mol. The number of carbonyl (C=O) groups is 3. The Morgan fingerprint density at radius 1 is 1.41 bits per heavy atom. The second-order valence-electron chi connectivity index (χ2n) is 5.66. The van der Waals surface area contributed by atoms with E-state index in [0.717, 1.165) is 22.4 Å². The quantitative estimate of drug-likeness (QED) is 0.674. The lowest BCUT2D eigenvalue weighted by Crippen LogP contribution is -2.34. The van der Waals surface area contributed by atoms with Crippen molar-refractivity contribution in [2.24, 2.45) is 0 Å². The third kappa shape index (κ3) is 5.20. The van der Waals surface area contributed by atoms with Crippen molar-refractivity contribution in [2.75, 3.05) is 13.1 Å². The van der Waals surface area contributed by atoms with Crippen LogP contribution in [0.15, 0.2) is 52.4 Å². The standard InChI is InChI=1S/C18H18N4O4S/c23-16(20-8-6-13-11-19-12-21-13)7-9-22-17(24)15(27-18(22)25)5-1-3-14-4-2-10-26-14/h1-5,10-12H,6-9H2,(H,19,21)(H,20,23). The number of carbonyl (C=O) groups excluding carboxylic acids is 3. The number of aromatic amines is 1. The molecule has 9 heteroatoms. The lowest BCUT2D eigenvalue weighted by atomic mass is 10.3. The minimum absolute atomic E-state index is 0.0554. The maximum absolute atomic E-state index is 12.3.